The Balaban J connectivity index is 1.73. The molecule has 0 fully saturated rings. The van der Waals surface area contributed by atoms with E-state index in [0.29, 0.717) is 21.3 Å². The number of fused-ring (bicyclic) bond motifs is 1. The van der Waals surface area contributed by atoms with Crippen molar-refractivity contribution in [2.24, 2.45) is 0 Å². The first kappa shape index (κ1) is 21.6. The maximum Gasteiger partial charge on any atom is 0.350 e. The minimum absolute atomic E-state index is 0.280. The number of nitrogens with one attached hydrogen (secondary N) is 1. The molecule has 7 heteroatoms. The molecule has 0 aliphatic heterocycles. The minimum atomic E-state index is -0.436. The van der Waals surface area contributed by atoms with Gasteiger partial charge in [-0.05, 0) is 57.0 Å². The first-order chi connectivity index (χ1) is 15.4. The second-order valence-corrected chi connectivity index (χ2v) is 8.48. The molecule has 4 aromatic rings. The summed E-state index contributed by atoms with van der Waals surface area (Å²) in [6, 6.07) is 15.5. The summed E-state index contributed by atoms with van der Waals surface area (Å²) in [5, 5.41) is 3.94. The van der Waals surface area contributed by atoms with Crippen LogP contribution in [0.3, 0.4) is 0 Å². The van der Waals surface area contributed by atoms with E-state index in [1.54, 1.807) is 19.9 Å². The quantitative estimate of drug-likeness (QED) is 0.398. The fraction of sp³-hybridized carbons (Fsp3) is 0.200. The summed E-state index contributed by atoms with van der Waals surface area (Å²) in [5.41, 5.74) is 5.78. The molecular weight excluding hydrogens is 422 g/mol. The van der Waals surface area contributed by atoms with Gasteiger partial charge in [-0.25, -0.2) is 14.8 Å². The number of aromatic nitrogens is 2. The van der Waals surface area contributed by atoms with E-state index < -0.39 is 5.97 Å². The zero-order valence-electron chi connectivity index (χ0n) is 18.4. The zero-order chi connectivity index (χ0) is 22.8. The van der Waals surface area contributed by atoms with Crippen LogP contribution >= 0.6 is 11.3 Å². The largest absolute Gasteiger partial charge is 0.462 e. The van der Waals surface area contributed by atoms with Gasteiger partial charge in [0.2, 0.25) is 0 Å². The van der Waals surface area contributed by atoms with Crippen LogP contribution in [0.1, 0.15) is 43.8 Å². The Morgan fingerprint density at radius 1 is 1.00 bits per heavy atom. The smallest absolute Gasteiger partial charge is 0.350 e. The van der Waals surface area contributed by atoms with E-state index in [2.05, 4.69) is 36.3 Å². The zero-order valence-corrected chi connectivity index (χ0v) is 19.2. The van der Waals surface area contributed by atoms with Gasteiger partial charge < -0.3 is 4.74 Å². The summed E-state index contributed by atoms with van der Waals surface area (Å²) in [4.78, 5) is 34.8. The summed E-state index contributed by atoms with van der Waals surface area (Å²) in [7, 11) is 0. The summed E-state index contributed by atoms with van der Waals surface area (Å²) >= 11 is 1.11. The monoisotopic (exact) mass is 445 g/mol. The molecule has 4 rings (SSSR count). The number of carbonyl (C=O) groups is 2. The number of amides is 1. The Morgan fingerprint density at radius 3 is 2.53 bits per heavy atom. The summed E-state index contributed by atoms with van der Waals surface area (Å²) in [6.07, 6.45) is 0. The molecule has 2 aromatic heterocycles. The number of ether oxygens (including phenoxy) is 1. The van der Waals surface area contributed by atoms with Crippen molar-refractivity contribution in [3.8, 4) is 11.3 Å². The number of aryl methyl sites for hydroxylation is 3. The number of nitrogens with zero attached hydrogens (tertiary/aromatic N) is 2. The highest BCUT2D eigenvalue weighted by Crippen LogP contribution is 2.28. The highest BCUT2D eigenvalue weighted by molar-refractivity contribution is 7.17. The molecule has 0 radical (unpaired) electrons. The molecule has 0 unspecified atom stereocenters. The van der Waals surface area contributed by atoms with Gasteiger partial charge in [0.1, 0.15) is 4.88 Å². The molecule has 0 aliphatic rings. The number of hydrogen-bond acceptors (Lipinski definition) is 6. The normalized spacial score (nSPS) is 10.9. The number of anilines is 1. The van der Waals surface area contributed by atoms with Crippen molar-refractivity contribution in [2.75, 3.05) is 11.9 Å². The predicted octanol–water partition coefficient (Wildman–Crippen LogP) is 5.71. The van der Waals surface area contributed by atoms with Crippen LogP contribution in [-0.2, 0) is 4.74 Å². The second-order valence-electron chi connectivity index (χ2n) is 7.48. The van der Waals surface area contributed by atoms with E-state index in [-0.39, 0.29) is 12.5 Å². The van der Waals surface area contributed by atoms with Crippen molar-refractivity contribution in [2.45, 2.75) is 27.7 Å². The maximum absolute atomic E-state index is 13.3. The van der Waals surface area contributed by atoms with Crippen molar-refractivity contribution in [3.05, 3.63) is 75.8 Å². The van der Waals surface area contributed by atoms with Crippen LogP contribution in [0.15, 0.2) is 48.5 Å². The average Bonchev–Trinajstić information content (AvgIpc) is 3.15. The van der Waals surface area contributed by atoms with Gasteiger partial charge in [-0.3, -0.25) is 10.1 Å². The van der Waals surface area contributed by atoms with E-state index in [4.69, 9.17) is 9.72 Å². The SMILES string of the molecule is CCOC(=O)c1sc(NC(=O)c2cc(-c3ccc(C)c(C)c3)nc3ccccc23)nc1C. The van der Waals surface area contributed by atoms with E-state index in [1.165, 1.54) is 5.56 Å². The molecule has 2 heterocycles. The minimum Gasteiger partial charge on any atom is -0.462 e. The van der Waals surface area contributed by atoms with Crippen LogP contribution in [0.25, 0.3) is 22.2 Å². The summed E-state index contributed by atoms with van der Waals surface area (Å²) < 4.78 is 5.06. The second kappa shape index (κ2) is 8.88. The van der Waals surface area contributed by atoms with E-state index in [1.807, 2.05) is 30.3 Å². The third-order valence-corrected chi connectivity index (χ3v) is 6.29. The van der Waals surface area contributed by atoms with Crippen molar-refractivity contribution in [1.29, 1.82) is 0 Å². The highest BCUT2D eigenvalue weighted by Gasteiger charge is 2.20. The van der Waals surface area contributed by atoms with E-state index in [0.717, 1.165) is 39.1 Å². The van der Waals surface area contributed by atoms with E-state index >= 15 is 0 Å². The Morgan fingerprint density at radius 2 is 1.78 bits per heavy atom. The molecule has 0 saturated heterocycles. The molecule has 1 N–H and O–H groups in total. The first-order valence-electron chi connectivity index (χ1n) is 10.3. The molecule has 0 spiro atoms. The van der Waals surface area contributed by atoms with Crippen molar-refractivity contribution >= 4 is 39.2 Å². The average molecular weight is 446 g/mol. The Kier molecular flexibility index (Phi) is 6.01. The molecule has 0 aliphatic carbocycles. The van der Waals surface area contributed by atoms with Crippen LogP contribution in [0.2, 0.25) is 0 Å². The molecule has 1 amide bonds. The molecule has 162 valence electrons. The Labute approximate surface area is 190 Å². The maximum atomic E-state index is 13.3. The summed E-state index contributed by atoms with van der Waals surface area (Å²) in [5.74, 6) is -0.743. The third kappa shape index (κ3) is 4.24. The number of hydrogen-bond donors (Lipinski definition) is 1. The van der Waals surface area contributed by atoms with Gasteiger partial charge in [-0.15, -0.1) is 0 Å². The third-order valence-electron chi connectivity index (χ3n) is 5.24. The number of benzene rings is 2. The first-order valence-corrected chi connectivity index (χ1v) is 11.1. The van der Waals surface area contributed by atoms with Gasteiger partial charge in [-0.2, -0.15) is 0 Å². The van der Waals surface area contributed by atoms with Crippen LogP contribution in [0.4, 0.5) is 5.13 Å². The van der Waals surface area contributed by atoms with Gasteiger partial charge in [0.05, 0.1) is 29.1 Å². The fourth-order valence-electron chi connectivity index (χ4n) is 3.41. The lowest BCUT2D eigenvalue weighted by Gasteiger charge is -2.11. The highest BCUT2D eigenvalue weighted by atomic mass is 32.1. The number of esters is 1. The van der Waals surface area contributed by atoms with Gasteiger partial charge >= 0.3 is 5.97 Å². The number of carbonyl (C=O) groups excluding carboxylic acids is 2. The van der Waals surface area contributed by atoms with Gasteiger partial charge in [0.15, 0.2) is 5.13 Å². The lowest BCUT2D eigenvalue weighted by Crippen LogP contribution is -2.13. The number of para-hydroxylation sites is 1. The van der Waals surface area contributed by atoms with Crippen molar-refractivity contribution in [3.63, 3.8) is 0 Å². The predicted molar refractivity (Wildman–Crippen MR) is 127 cm³/mol. The fourth-order valence-corrected chi connectivity index (χ4v) is 4.27. The Bertz CT molecular complexity index is 1340. The number of pyridine rings is 1. The van der Waals surface area contributed by atoms with Gasteiger partial charge in [0.25, 0.3) is 5.91 Å². The lowest BCUT2D eigenvalue weighted by molar-refractivity contribution is 0.0531. The number of thiazole rings is 1. The summed E-state index contributed by atoms with van der Waals surface area (Å²) in [6.45, 7) is 7.87. The molecule has 0 atom stereocenters. The lowest BCUT2D eigenvalue weighted by atomic mass is 10.0. The molecule has 0 bridgehead atoms. The molecular formula is C25H23N3O3S. The van der Waals surface area contributed by atoms with Gasteiger partial charge in [-0.1, -0.05) is 41.7 Å². The van der Waals surface area contributed by atoms with E-state index in [9.17, 15) is 9.59 Å². The molecule has 32 heavy (non-hydrogen) atoms. The molecule has 6 nitrogen and oxygen atoms in total. The topological polar surface area (TPSA) is 81.2 Å². The van der Waals surface area contributed by atoms with Crippen LogP contribution in [0, 0.1) is 20.8 Å². The van der Waals surface area contributed by atoms with Crippen LogP contribution < -0.4 is 5.32 Å². The number of rotatable bonds is 5. The van der Waals surface area contributed by atoms with Gasteiger partial charge in [0, 0.05) is 10.9 Å². The molecule has 2 aromatic carbocycles. The standard InChI is InChI=1S/C25H23N3O3S/c1-5-31-24(30)22-16(4)26-25(32-22)28-23(29)19-13-21(17-11-10-14(2)15(3)12-17)27-20-9-7-6-8-18(19)20/h6-13H,5H2,1-4H3,(H,26,28,29). The van der Waals surface area contributed by atoms with Crippen LogP contribution in [-0.4, -0.2) is 28.5 Å². The van der Waals surface area contributed by atoms with Crippen LogP contribution in [0.5, 0.6) is 0 Å². The van der Waals surface area contributed by atoms with Crippen molar-refractivity contribution < 1.29 is 14.3 Å². The molecule has 0 saturated carbocycles. The Hall–Kier alpha value is -3.58. The van der Waals surface area contributed by atoms with Crippen molar-refractivity contribution in [1.82, 2.24) is 9.97 Å².